The molecule has 0 spiro atoms. The Morgan fingerprint density at radius 3 is 2.12 bits per heavy atom. The first-order valence-electron chi connectivity index (χ1n) is 14.8. The average Bonchev–Trinajstić information content (AvgIpc) is 3.67. The molecule has 6 aliphatic carbocycles. The summed E-state index contributed by atoms with van der Waals surface area (Å²) in [5.41, 5.74) is 4.61. The molecule has 10 rings (SSSR count). The molecule has 2 N–H and O–H groups in total. The monoisotopic (exact) mass is 683 g/mol. The van der Waals surface area contributed by atoms with Crippen molar-refractivity contribution in [3.63, 3.8) is 0 Å². The molecule has 5 fully saturated rings. The van der Waals surface area contributed by atoms with E-state index in [4.69, 9.17) is 26.0 Å². The Morgan fingerprint density at radius 1 is 0.878 bits per heavy atom. The quantitative estimate of drug-likeness (QED) is 0.143. The van der Waals surface area contributed by atoms with Crippen LogP contribution in [0.25, 0.3) is 10.6 Å². The smallest absolute Gasteiger partial charge is 0.472 e. The van der Waals surface area contributed by atoms with Crippen LogP contribution in [-0.2, 0) is 19.5 Å². The first-order valence-corrected chi connectivity index (χ1v) is 16.6. The summed E-state index contributed by atoms with van der Waals surface area (Å²) >= 11 is 3.64. The summed E-state index contributed by atoms with van der Waals surface area (Å²) in [6, 6.07) is 11.7. The molecule has 8 unspecified atom stereocenters. The van der Waals surface area contributed by atoms with Crippen molar-refractivity contribution in [2.75, 3.05) is 13.1 Å². The first kappa shape index (κ1) is 31.3. The maximum atomic E-state index is 8.47. The Morgan fingerprint density at radius 2 is 1.54 bits per heavy atom. The van der Waals surface area contributed by atoms with E-state index >= 15 is 0 Å². The maximum absolute atomic E-state index is 8.47. The number of nitrogens with zero attached hydrogens (tertiary/aromatic N) is 3. The van der Waals surface area contributed by atoms with Crippen molar-refractivity contribution in [3.8, 4) is 0 Å². The van der Waals surface area contributed by atoms with Crippen molar-refractivity contribution >= 4 is 22.7 Å². The largest absolute Gasteiger partial charge is 0.656 e. The Kier molecular flexibility index (Phi) is 9.25. The molecule has 9 heteroatoms. The number of thiophene rings is 2. The summed E-state index contributed by atoms with van der Waals surface area (Å²) < 4.78 is 0. The van der Waals surface area contributed by atoms with Gasteiger partial charge in [-0.05, 0) is 72.5 Å². The van der Waals surface area contributed by atoms with E-state index in [-0.39, 0.29) is 19.5 Å². The molecule has 1 saturated heterocycles. The summed E-state index contributed by atoms with van der Waals surface area (Å²) in [5.74, 6) is 5.56. The second kappa shape index (κ2) is 12.1. The molecule has 1 radical (unpaired) electrons. The molecule has 227 valence electrons. The molecule has 4 heterocycles. The standard InChI is InChI=1S/C16H21NS.C16H19NS.H2NO3.Rh/c2*1-16(2)11-6-10-7-14(15-4-3-5-18-15)17-9-12(10)13(16)8-11;2-1(3)4;/h3,5,10-14H,6-9H2,1-2H3;3,5,11,13-14H,6-9H2,1-2H3;(H2,2,3,4);/q2*-2;+1;. The molecule has 8 aliphatic rings. The van der Waals surface area contributed by atoms with Gasteiger partial charge in [-0.2, -0.15) is 10.8 Å². The zero-order valence-corrected chi connectivity index (χ0v) is 27.7. The number of hydrogen-bond acceptors (Lipinski definition) is 3. The van der Waals surface area contributed by atoms with E-state index in [1.54, 1.807) is 11.1 Å². The molecular formula is C32H42N3O3RhS2-3. The molecule has 41 heavy (non-hydrogen) atoms. The van der Waals surface area contributed by atoms with E-state index in [9.17, 15) is 0 Å². The topological polar surface area (TPSA) is 88.7 Å². The molecule has 4 bridgehead atoms. The first-order chi connectivity index (χ1) is 19.1. The van der Waals surface area contributed by atoms with Crippen LogP contribution in [0.1, 0.15) is 88.1 Å². The molecule has 8 atom stereocenters. The van der Waals surface area contributed by atoms with Gasteiger partial charge in [0.05, 0.1) is 0 Å². The normalized spacial score (nSPS) is 36.7. The third-order valence-corrected chi connectivity index (χ3v) is 13.5. The minimum Gasteiger partial charge on any atom is -0.656 e. The third kappa shape index (κ3) is 5.88. The molecular weight excluding hydrogens is 641 g/mol. The van der Waals surface area contributed by atoms with Gasteiger partial charge < -0.3 is 10.6 Å². The van der Waals surface area contributed by atoms with Crippen LogP contribution in [0.15, 0.2) is 34.0 Å². The second-order valence-electron chi connectivity index (χ2n) is 13.9. The summed E-state index contributed by atoms with van der Waals surface area (Å²) in [6.07, 6.45) is 8.19. The van der Waals surface area contributed by atoms with Crippen LogP contribution >= 0.6 is 22.7 Å². The molecule has 4 saturated carbocycles. The third-order valence-electron chi connectivity index (χ3n) is 11.7. The minimum atomic E-state index is -1.25. The summed E-state index contributed by atoms with van der Waals surface area (Å²) in [5, 5.41) is 26.7. The predicted molar refractivity (Wildman–Crippen MR) is 159 cm³/mol. The molecule has 0 amide bonds. The summed E-state index contributed by atoms with van der Waals surface area (Å²) in [6.45, 7) is 12.0. The van der Waals surface area contributed by atoms with Crippen molar-refractivity contribution in [1.29, 1.82) is 0 Å². The Labute approximate surface area is 265 Å². The van der Waals surface area contributed by atoms with E-state index in [1.165, 1.54) is 48.3 Å². The Hall–Kier alpha value is -1.12. The molecule has 2 aliphatic heterocycles. The van der Waals surface area contributed by atoms with Crippen molar-refractivity contribution < 1.29 is 35.0 Å². The zero-order valence-electron chi connectivity index (χ0n) is 24.4. The maximum Gasteiger partial charge on any atom is 0.472 e. The molecule has 2 aromatic heterocycles. The fourth-order valence-electron chi connectivity index (χ4n) is 9.01. The van der Waals surface area contributed by atoms with Crippen molar-refractivity contribution in [2.24, 2.45) is 46.3 Å². The predicted octanol–water partition coefficient (Wildman–Crippen LogP) is 8.94. The molecule has 0 aromatic carbocycles. The van der Waals surface area contributed by atoms with Crippen LogP contribution in [0.4, 0.5) is 0 Å². The summed E-state index contributed by atoms with van der Waals surface area (Å²) in [4.78, 5) is 11.2. The van der Waals surface area contributed by atoms with E-state index in [0.717, 1.165) is 48.6 Å². The Bertz CT molecular complexity index is 1220. The van der Waals surface area contributed by atoms with E-state index in [1.807, 2.05) is 34.8 Å². The van der Waals surface area contributed by atoms with Crippen molar-refractivity contribution in [2.45, 2.75) is 78.3 Å². The zero-order chi connectivity index (χ0) is 28.2. The van der Waals surface area contributed by atoms with Crippen LogP contribution in [-0.4, -0.2) is 28.6 Å². The number of rotatable bonds is 2. The van der Waals surface area contributed by atoms with Gasteiger partial charge in [0, 0.05) is 19.5 Å². The van der Waals surface area contributed by atoms with Gasteiger partial charge in [-0.1, -0.05) is 51.2 Å². The van der Waals surface area contributed by atoms with Gasteiger partial charge in [0.25, 0.3) is 0 Å². The SMILES string of the molecule is CC1(C)C2CC3=C(C[N-]C(c4[c-]ccs4)C3)C1C2.CC1(C)C2CC3CC(c4[c-]ccs4)[N-]CC3C1C2.O=[N+](O)O.[Rh]. The second-order valence-corrected chi connectivity index (χ2v) is 15.8. The van der Waals surface area contributed by atoms with E-state index in [2.05, 4.69) is 50.6 Å². The van der Waals surface area contributed by atoms with E-state index in [0.29, 0.717) is 22.9 Å². The average molecular weight is 684 g/mol. The fourth-order valence-corrected chi connectivity index (χ4v) is 10.5. The van der Waals surface area contributed by atoms with E-state index < -0.39 is 5.09 Å². The summed E-state index contributed by atoms with van der Waals surface area (Å²) in [7, 11) is 0. The molecule has 6 nitrogen and oxygen atoms in total. The van der Waals surface area contributed by atoms with Crippen LogP contribution in [0.3, 0.4) is 0 Å². The van der Waals surface area contributed by atoms with Gasteiger partial charge >= 0.3 is 5.09 Å². The van der Waals surface area contributed by atoms with Crippen LogP contribution in [0, 0.1) is 63.4 Å². The van der Waals surface area contributed by atoms with Gasteiger partial charge in [-0.25, -0.2) is 34.7 Å². The number of hydrogen-bond donors (Lipinski definition) is 2. The van der Waals surface area contributed by atoms with Crippen molar-refractivity contribution in [3.05, 3.63) is 71.5 Å². The van der Waals surface area contributed by atoms with Crippen LogP contribution in [0.2, 0.25) is 0 Å². The Balaban J connectivity index is 0.000000143. The fraction of sp³-hybridized carbons (Fsp3) is 0.688. The van der Waals surface area contributed by atoms with Crippen LogP contribution < -0.4 is 0 Å². The van der Waals surface area contributed by atoms with Gasteiger partial charge in [0.2, 0.25) is 0 Å². The van der Waals surface area contributed by atoms with Gasteiger partial charge in [-0.3, -0.25) is 22.7 Å². The van der Waals surface area contributed by atoms with Crippen LogP contribution in [0.5, 0.6) is 0 Å². The van der Waals surface area contributed by atoms with Gasteiger partial charge in [-0.15, -0.1) is 34.9 Å². The number of piperidine rings is 1. The van der Waals surface area contributed by atoms with Crippen molar-refractivity contribution in [1.82, 2.24) is 0 Å². The minimum absolute atomic E-state index is 0. The molecule has 2 aromatic rings. The van der Waals surface area contributed by atoms with Gasteiger partial charge in [0.1, 0.15) is 4.91 Å². The van der Waals surface area contributed by atoms with Gasteiger partial charge in [0.15, 0.2) is 0 Å².